The lowest BCUT2D eigenvalue weighted by atomic mass is 10.1. The van der Waals surface area contributed by atoms with Gasteiger partial charge in [-0.3, -0.25) is 4.79 Å². The number of carboxylic acid groups (broad SMARTS) is 1. The van der Waals surface area contributed by atoms with Gasteiger partial charge in [0.05, 0.1) is 12.8 Å². The molecule has 0 spiro atoms. The highest BCUT2D eigenvalue weighted by Crippen LogP contribution is 2.29. The smallest absolute Gasteiger partial charge is 0.432 e. The van der Waals surface area contributed by atoms with Crippen molar-refractivity contribution < 1.29 is 29.0 Å². The molecule has 1 heterocycles. The van der Waals surface area contributed by atoms with Gasteiger partial charge in [-0.2, -0.15) is 0 Å². The molecule has 0 aromatic heterocycles. The summed E-state index contributed by atoms with van der Waals surface area (Å²) in [5, 5.41) is 8.77. The van der Waals surface area contributed by atoms with E-state index in [0.29, 0.717) is 11.3 Å². The van der Waals surface area contributed by atoms with E-state index in [2.05, 4.69) is 4.74 Å². The minimum atomic E-state index is -1.68. The van der Waals surface area contributed by atoms with Crippen LogP contribution < -0.4 is 9.64 Å². The number of rotatable bonds is 3. The first kappa shape index (κ1) is 15.4. The van der Waals surface area contributed by atoms with Crippen LogP contribution in [0.3, 0.4) is 0 Å². The number of hydrogen-bond donors (Lipinski definition) is 1. The number of anilines is 1. The lowest BCUT2D eigenvalue weighted by molar-refractivity contribution is -0.121. The molecule has 0 bridgehead atoms. The molecular weight excluding hydrogens is 292 g/mol. The topological polar surface area (TPSA) is 96.4 Å². The minimum absolute atomic E-state index is 0.0112. The summed E-state index contributed by atoms with van der Waals surface area (Å²) in [7, 11) is 5.21. The van der Waals surface area contributed by atoms with Crippen LogP contribution in [-0.4, -0.2) is 49.3 Å². The van der Waals surface area contributed by atoms with Crippen molar-refractivity contribution in [3.8, 4) is 5.75 Å². The molecule has 2 rings (SSSR count). The third-order valence-electron chi connectivity index (χ3n) is 2.97. The zero-order valence-corrected chi connectivity index (χ0v) is 12.2. The van der Waals surface area contributed by atoms with Gasteiger partial charge >= 0.3 is 18.1 Å². The number of benzene rings is 1. The molecule has 0 radical (unpaired) electrons. The van der Waals surface area contributed by atoms with Crippen molar-refractivity contribution in [1.82, 2.24) is 4.90 Å². The average molecular weight is 306 g/mol. The highest BCUT2D eigenvalue weighted by molar-refractivity contribution is 6.18. The van der Waals surface area contributed by atoms with Crippen molar-refractivity contribution in [3.05, 3.63) is 29.5 Å². The molecule has 1 fully saturated rings. The van der Waals surface area contributed by atoms with E-state index in [1.54, 1.807) is 18.2 Å². The summed E-state index contributed by atoms with van der Waals surface area (Å²) in [5.74, 6) is -0.813. The largest absolute Gasteiger partial charge is 0.495 e. The second-order valence-electron chi connectivity index (χ2n) is 4.63. The zero-order chi connectivity index (χ0) is 16.4. The number of ether oxygens (including phenoxy) is 2. The maximum Gasteiger partial charge on any atom is 0.432 e. The Morgan fingerprint density at radius 3 is 2.55 bits per heavy atom. The van der Waals surface area contributed by atoms with Crippen molar-refractivity contribution in [2.75, 3.05) is 26.1 Å². The fourth-order valence-corrected chi connectivity index (χ4v) is 1.94. The first-order valence-corrected chi connectivity index (χ1v) is 6.21. The molecule has 1 aliphatic rings. The zero-order valence-electron chi connectivity index (χ0n) is 12.2. The Balaban J connectivity index is 2.36. The molecule has 3 amide bonds. The van der Waals surface area contributed by atoms with Gasteiger partial charge in [0.15, 0.2) is 5.76 Å². The second-order valence-corrected chi connectivity index (χ2v) is 4.63. The Bertz CT molecular complexity index is 680. The minimum Gasteiger partial charge on any atom is -0.495 e. The summed E-state index contributed by atoms with van der Waals surface area (Å²) in [4.78, 5) is 35.8. The molecule has 1 saturated heterocycles. The van der Waals surface area contributed by atoms with Crippen LogP contribution in [0.1, 0.15) is 5.56 Å². The van der Waals surface area contributed by atoms with Crippen LogP contribution in [0, 0.1) is 0 Å². The van der Waals surface area contributed by atoms with Gasteiger partial charge in [-0.05, 0) is 23.8 Å². The van der Waals surface area contributed by atoms with Crippen molar-refractivity contribution in [2.24, 2.45) is 0 Å². The van der Waals surface area contributed by atoms with E-state index in [1.165, 1.54) is 13.2 Å². The van der Waals surface area contributed by atoms with E-state index in [1.807, 2.05) is 19.0 Å². The Kier molecular flexibility index (Phi) is 4.02. The van der Waals surface area contributed by atoms with E-state index >= 15 is 0 Å². The average Bonchev–Trinajstić information content (AvgIpc) is 2.72. The lowest BCUT2D eigenvalue weighted by Gasteiger charge is -2.16. The number of hydrogen-bond acceptors (Lipinski definition) is 6. The van der Waals surface area contributed by atoms with E-state index in [-0.39, 0.29) is 10.7 Å². The monoisotopic (exact) mass is 306 g/mol. The maximum atomic E-state index is 11.8. The molecule has 8 nitrogen and oxygen atoms in total. The Morgan fingerprint density at radius 2 is 2.05 bits per heavy atom. The Hall–Kier alpha value is -3.03. The van der Waals surface area contributed by atoms with Crippen molar-refractivity contribution in [1.29, 1.82) is 0 Å². The molecule has 0 unspecified atom stereocenters. The van der Waals surface area contributed by atoms with Crippen molar-refractivity contribution >= 4 is 29.9 Å². The number of imide groups is 3. The van der Waals surface area contributed by atoms with Crippen LogP contribution >= 0.6 is 0 Å². The van der Waals surface area contributed by atoms with E-state index in [4.69, 9.17) is 9.84 Å². The number of nitrogens with zero attached hydrogens (tertiary/aromatic N) is 2. The van der Waals surface area contributed by atoms with Gasteiger partial charge in [0.2, 0.25) is 0 Å². The van der Waals surface area contributed by atoms with Gasteiger partial charge in [-0.15, -0.1) is 4.90 Å². The molecule has 0 aliphatic carbocycles. The van der Waals surface area contributed by atoms with Crippen molar-refractivity contribution in [3.63, 3.8) is 0 Å². The fourth-order valence-electron chi connectivity index (χ4n) is 1.94. The molecule has 8 heteroatoms. The number of cyclic esters (lactones) is 1. The highest BCUT2D eigenvalue weighted by atomic mass is 16.6. The maximum absolute atomic E-state index is 11.8. The Morgan fingerprint density at radius 1 is 1.36 bits per heavy atom. The van der Waals surface area contributed by atoms with Crippen LogP contribution in [0.25, 0.3) is 6.08 Å². The van der Waals surface area contributed by atoms with Gasteiger partial charge < -0.3 is 19.5 Å². The van der Waals surface area contributed by atoms with E-state index < -0.39 is 18.1 Å². The molecule has 1 aromatic carbocycles. The number of carbonyl (C=O) groups excluding carboxylic acids is 2. The first-order valence-electron chi connectivity index (χ1n) is 6.21. The lowest BCUT2D eigenvalue weighted by Crippen LogP contribution is -2.33. The van der Waals surface area contributed by atoms with Crippen LogP contribution in [0.4, 0.5) is 15.3 Å². The third kappa shape index (κ3) is 2.71. The van der Waals surface area contributed by atoms with Gasteiger partial charge in [-0.25, -0.2) is 9.59 Å². The first-order chi connectivity index (χ1) is 10.3. The quantitative estimate of drug-likeness (QED) is 0.850. The summed E-state index contributed by atoms with van der Waals surface area (Å²) < 4.78 is 9.92. The van der Waals surface area contributed by atoms with E-state index in [0.717, 1.165) is 5.69 Å². The molecule has 1 N–H and O–H groups in total. The van der Waals surface area contributed by atoms with E-state index in [9.17, 15) is 14.4 Å². The number of methoxy groups -OCH3 is 1. The second kappa shape index (κ2) is 5.76. The number of amides is 3. The van der Waals surface area contributed by atoms with Crippen molar-refractivity contribution in [2.45, 2.75) is 0 Å². The summed E-state index contributed by atoms with van der Waals surface area (Å²) in [6, 6.07) is 5.10. The summed E-state index contributed by atoms with van der Waals surface area (Å²) in [5.41, 5.74) is 1.36. The molecule has 116 valence electrons. The van der Waals surface area contributed by atoms with Crippen LogP contribution in [0.5, 0.6) is 5.75 Å². The standard InChI is InChI=1S/C14H14N2O6/c1-15(2)9-5-4-8(6-10(9)21-3)7-11-12(17)16(13(18)19)14(20)22-11/h4-7H,1-3H3,(H,18,19). The summed E-state index contributed by atoms with van der Waals surface area (Å²) >= 11 is 0. The van der Waals surface area contributed by atoms with Crippen LogP contribution in [0.2, 0.25) is 0 Å². The molecule has 0 saturated carbocycles. The summed E-state index contributed by atoms with van der Waals surface area (Å²) in [6.45, 7) is 0. The normalized spacial score (nSPS) is 16.0. The van der Waals surface area contributed by atoms with Crippen LogP contribution in [-0.2, 0) is 9.53 Å². The number of carbonyl (C=O) groups is 3. The summed E-state index contributed by atoms with van der Waals surface area (Å²) in [6.07, 6.45) is -1.63. The third-order valence-corrected chi connectivity index (χ3v) is 2.97. The highest BCUT2D eigenvalue weighted by Gasteiger charge is 2.41. The predicted octanol–water partition coefficient (Wildman–Crippen LogP) is 1.76. The van der Waals surface area contributed by atoms with Gasteiger partial charge in [0.25, 0.3) is 0 Å². The molecule has 1 aliphatic heterocycles. The molecular formula is C14H14N2O6. The van der Waals surface area contributed by atoms with Gasteiger partial charge in [-0.1, -0.05) is 6.07 Å². The molecule has 1 aromatic rings. The van der Waals surface area contributed by atoms with Crippen LogP contribution in [0.15, 0.2) is 24.0 Å². The Labute approximate surface area is 126 Å². The SMILES string of the molecule is COc1cc(C=C2OC(=O)N(C(=O)O)C2=O)ccc1N(C)C. The van der Waals surface area contributed by atoms with Gasteiger partial charge in [0, 0.05) is 14.1 Å². The van der Waals surface area contributed by atoms with Gasteiger partial charge in [0.1, 0.15) is 5.75 Å². The molecule has 0 atom stereocenters. The predicted molar refractivity (Wildman–Crippen MR) is 76.6 cm³/mol. The molecule has 22 heavy (non-hydrogen) atoms. The fraction of sp³-hybridized carbons (Fsp3) is 0.214.